The van der Waals surface area contributed by atoms with Crippen LogP contribution in [0.5, 0.6) is 0 Å². The highest BCUT2D eigenvalue weighted by Gasteiger charge is 2.08. The lowest BCUT2D eigenvalue weighted by Crippen LogP contribution is -2.22. The van der Waals surface area contributed by atoms with Gasteiger partial charge in [-0.1, -0.05) is 24.3 Å². The van der Waals surface area contributed by atoms with Crippen LogP contribution >= 0.6 is 11.3 Å². The molecule has 0 fully saturated rings. The Morgan fingerprint density at radius 2 is 2.21 bits per heavy atom. The van der Waals surface area contributed by atoms with Crippen LogP contribution in [0.25, 0.3) is 10.1 Å². The first-order valence-electron chi connectivity index (χ1n) is 6.72. The van der Waals surface area contributed by atoms with Gasteiger partial charge >= 0.3 is 0 Å². The molecule has 1 atom stereocenters. The van der Waals surface area contributed by atoms with Gasteiger partial charge in [-0.15, -0.1) is 17.9 Å². The van der Waals surface area contributed by atoms with Crippen molar-refractivity contribution < 1.29 is 4.74 Å². The molecule has 2 aromatic rings. The molecule has 0 aliphatic carbocycles. The van der Waals surface area contributed by atoms with Crippen molar-refractivity contribution in [1.82, 2.24) is 5.32 Å². The molecule has 1 aromatic heterocycles. The zero-order valence-corrected chi connectivity index (χ0v) is 12.2. The molecule has 0 radical (unpaired) electrons. The van der Waals surface area contributed by atoms with Crippen molar-refractivity contribution in [3.8, 4) is 0 Å². The van der Waals surface area contributed by atoms with Crippen molar-refractivity contribution >= 4 is 21.4 Å². The smallest absolute Gasteiger partial charge is 0.0591 e. The number of hydrogen-bond donors (Lipinski definition) is 1. The van der Waals surface area contributed by atoms with Crippen molar-refractivity contribution in [2.24, 2.45) is 0 Å². The maximum Gasteiger partial charge on any atom is 0.0591 e. The van der Waals surface area contributed by atoms with Gasteiger partial charge in [0, 0.05) is 22.2 Å². The van der Waals surface area contributed by atoms with Gasteiger partial charge in [-0.3, -0.25) is 0 Å². The van der Waals surface area contributed by atoms with E-state index in [0.717, 1.165) is 26.2 Å². The van der Waals surface area contributed by atoms with Crippen LogP contribution in [-0.2, 0) is 4.74 Å². The van der Waals surface area contributed by atoms with E-state index in [4.69, 9.17) is 4.74 Å². The Kier molecular flexibility index (Phi) is 5.58. The lowest BCUT2D eigenvalue weighted by Gasteiger charge is -2.11. The quantitative estimate of drug-likeness (QED) is 0.577. The average molecular weight is 275 g/mol. The normalized spacial score (nSPS) is 12.7. The fourth-order valence-electron chi connectivity index (χ4n) is 1.93. The third-order valence-electron chi connectivity index (χ3n) is 3.03. The van der Waals surface area contributed by atoms with Crippen LogP contribution < -0.4 is 5.32 Å². The summed E-state index contributed by atoms with van der Waals surface area (Å²) in [5.41, 5.74) is 0. The topological polar surface area (TPSA) is 21.3 Å². The lowest BCUT2D eigenvalue weighted by molar-refractivity contribution is 0.139. The number of hydrogen-bond acceptors (Lipinski definition) is 3. The van der Waals surface area contributed by atoms with Crippen molar-refractivity contribution in [1.29, 1.82) is 0 Å². The summed E-state index contributed by atoms with van der Waals surface area (Å²) in [6.45, 7) is 8.28. The van der Waals surface area contributed by atoms with Gasteiger partial charge in [-0.05, 0) is 30.9 Å². The minimum Gasteiger partial charge on any atom is -0.380 e. The standard InChI is InChI=1S/C16H21NOS/c1-3-4-10-18-11-9-17-13(2)16-12-14-7-5-6-8-15(14)19-16/h3,5-8,12-13,17H,1,4,9-11H2,2H3. The van der Waals surface area contributed by atoms with Gasteiger partial charge in [0.2, 0.25) is 0 Å². The average Bonchev–Trinajstić information content (AvgIpc) is 2.86. The second-order valence-electron chi connectivity index (χ2n) is 4.55. The van der Waals surface area contributed by atoms with E-state index in [0.29, 0.717) is 6.04 Å². The Hall–Kier alpha value is -1.16. The van der Waals surface area contributed by atoms with E-state index in [9.17, 15) is 0 Å². The van der Waals surface area contributed by atoms with Gasteiger partial charge in [0.15, 0.2) is 0 Å². The van der Waals surface area contributed by atoms with Gasteiger partial charge in [-0.2, -0.15) is 0 Å². The molecule has 2 rings (SSSR count). The molecule has 2 nitrogen and oxygen atoms in total. The first-order chi connectivity index (χ1) is 9.31. The molecule has 3 heteroatoms. The van der Waals surface area contributed by atoms with Crippen molar-refractivity contribution in [3.05, 3.63) is 47.9 Å². The highest BCUT2D eigenvalue weighted by atomic mass is 32.1. The predicted octanol–water partition coefficient (Wildman–Crippen LogP) is 4.14. The highest BCUT2D eigenvalue weighted by Crippen LogP contribution is 2.29. The van der Waals surface area contributed by atoms with Crippen molar-refractivity contribution in [2.75, 3.05) is 19.8 Å². The third-order valence-corrected chi connectivity index (χ3v) is 4.33. The summed E-state index contributed by atoms with van der Waals surface area (Å²) in [5, 5.41) is 4.83. The van der Waals surface area contributed by atoms with E-state index in [2.05, 4.69) is 49.2 Å². The fraction of sp³-hybridized carbons (Fsp3) is 0.375. The van der Waals surface area contributed by atoms with Gasteiger partial charge in [0.1, 0.15) is 0 Å². The van der Waals surface area contributed by atoms with Gasteiger partial charge in [0.05, 0.1) is 13.2 Å². The van der Waals surface area contributed by atoms with Crippen LogP contribution in [0.3, 0.4) is 0 Å². The zero-order valence-electron chi connectivity index (χ0n) is 11.4. The Bertz CT molecular complexity index is 487. The molecule has 1 N–H and O–H groups in total. The molecule has 0 bridgehead atoms. The van der Waals surface area contributed by atoms with E-state index >= 15 is 0 Å². The molecule has 19 heavy (non-hydrogen) atoms. The second-order valence-corrected chi connectivity index (χ2v) is 5.67. The Balaban J connectivity index is 1.79. The maximum atomic E-state index is 5.49. The van der Waals surface area contributed by atoms with E-state index < -0.39 is 0 Å². The molecule has 1 unspecified atom stereocenters. The van der Waals surface area contributed by atoms with Crippen LogP contribution in [0.2, 0.25) is 0 Å². The summed E-state index contributed by atoms with van der Waals surface area (Å²) in [6.07, 6.45) is 2.80. The second kappa shape index (κ2) is 7.43. The maximum absolute atomic E-state index is 5.49. The van der Waals surface area contributed by atoms with Crippen molar-refractivity contribution in [2.45, 2.75) is 19.4 Å². The minimum absolute atomic E-state index is 0.375. The summed E-state index contributed by atoms with van der Waals surface area (Å²) in [7, 11) is 0. The number of thiophene rings is 1. The first kappa shape index (κ1) is 14.3. The molecule has 102 valence electrons. The SMILES string of the molecule is C=CCCOCCNC(C)c1cc2ccccc2s1. The Morgan fingerprint density at radius 3 is 3.00 bits per heavy atom. The largest absolute Gasteiger partial charge is 0.380 e. The van der Waals surface area contributed by atoms with Crippen LogP contribution in [-0.4, -0.2) is 19.8 Å². The number of rotatable bonds is 8. The van der Waals surface area contributed by atoms with E-state index in [1.807, 2.05) is 17.4 Å². The summed E-state index contributed by atoms with van der Waals surface area (Å²) < 4.78 is 6.84. The van der Waals surface area contributed by atoms with Gasteiger partial charge in [0.25, 0.3) is 0 Å². The molecule has 1 heterocycles. The summed E-state index contributed by atoms with van der Waals surface area (Å²) in [4.78, 5) is 1.38. The van der Waals surface area contributed by atoms with Crippen LogP contribution in [0.1, 0.15) is 24.3 Å². The van der Waals surface area contributed by atoms with Crippen molar-refractivity contribution in [3.63, 3.8) is 0 Å². The van der Waals surface area contributed by atoms with E-state index in [1.54, 1.807) is 0 Å². The van der Waals surface area contributed by atoms with E-state index in [1.165, 1.54) is 15.0 Å². The fourth-order valence-corrected chi connectivity index (χ4v) is 3.02. The molecule has 0 amide bonds. The van der Waals surface area contributed by atoms with E-state index in [-0.39, 0.29) is 0 Å². The lowest BCUT2D eigenvalue weighted by atomic mass is 10.2. The summed E-state index contributed by atoms with van der Waals surface area (Å²) in [5.74, 6) is 0. The number of nitrogens with one attached hydrogen (secondary N) is 1. The molecule has 0 spiro atoms. The van der Waals surface area contributed by atoms with Gasteiger partial charge < -0.3 is 10.1 Å². The molecular weight excluding hydrogens is 254 g/mol. The number of fused-ring (bicyclic) bond motifs is 1. The highest BCUT2D eigenvalue weighted by molar-refractivity contribution is 7.19. The zero-order chi connectivity index (χ0) is 13.5. The number of ether oxygens (including phenoxy) is 1. The van der Waals surface area contributed by atoms with Crippen LogP contribution in [0.4, 0.5) is 0 Å². The van der Waals surface area contributed by atoms with Gasteiger partial charge in [-0.25, -0.2) is 0 Å². The molecule has 0 saturated carbocycles. The Morgan fingerprint density at radius 1 is 1.37 bits per heavy atom. The predicted molar refractivity (Wildman–Crippen MR) is 83.9 cm³/mol. The van der Waals surface area contributed by atoms with Crippen LogP contribution in [0, 0.1) is 0 Å². The molecule has 1 aromatic carbocycles. The minimum atomic E-state index is 0.375. The molecule has 0 aliphatic heterocycles. The first-order valence-corrected chi connectivity index (χ1v) is 7.53. The molecule has 0 aliphatic rings. The summed E-state index contributed by atoms with van der Waals surface area (Å²) in [6, 6.07) is 11.2. The molecular formula is C16H21NOS. The molecule has 0 saturated heterocycles. The summed E-state index contributed by atoms with van der Waals surface area (Å²) >= 11 is 1.86. The Labute approximate surface area is 119 Å². The number of benzene rings is 1. The third kappa shape index (κ3) is 4.16. The van der Waals surface area contributed by atoms with Crippen LogP contribution in [0.15, 0.2) is 43.0 Å². The monoisotopic (exact) mass is 275 g/mol.